The first-order chi connectivity index (χ1) is 9.99. The molecule has 0 aromatic carbocycles. The molecule has 1 saturated carbocycles. The lowest BCUT2D eigenvalue weighted by Gasteiger charge is -2.26. The normalized spacial score (nSPS) is 17.4. The lowest BCUT2D eigenvalue weighted by atomic mass is 9.79. The quantitative estimate of drug-likeness (QED) is 0.933. The first-order valence-corrected chi connectivity index (χ1v) is 7.39. The van der Waals surface area contributed by atoms with Crippen LogP contribution in [0.25, 0.3) is 5.65 Å². The van der Waals surface area contributed by atoms with Gasteiger partial charge < -0.3 is 5.11 Å². The van der Waals surface area contributed by atoms with Crippen LogP contribution in [0.5, 0.6) is 0 Å². The predicted octanol–water partition coefficient (Wildman–Crippen LogP) is 2.32. The summed E-state index contributed by atoms with van der Waals surface area (Å²) in [5.41, 5.74) is 1.53. The van der Waals surface area contributed by atoms with Gasteiger partial charge in [0.15, 0.2) is 5.65 Å². The number of carboxylic acids is 1. The van der Waals surface area contributed by atoms with Crippen LogP contribution in [0.3, 0.4) is 0 Å². The van der Waals surface area contributed by atoms with E-state index in [0.29, 0.717) is 6.42 Å². The fraction of sp³-hybridized carbons (Fsp3) is 0.600. The molecule has 3 rings (SSSR count). The number of hydrogen-bond donors (Lipinski definition) is 1. The van der Waals surface area contributed by atoms with Crippen molar-refractivity contribution in [3.05, 3.63) is 23.4 Å². The smallest absolute Gasteiger partial charge is 0.303 e. The predicted molar refractivity (Wildman–Crippen MR) is 77.1 cm³/mol. The summed E-state index contributed by atoms with van der Waals surface area (Å²) in [5, 5.41) is 17.7. The van der Waals surface area contributed by atoms with E-state index in [1.165, 1.54) is 0 Å². The highest BCUT2D eigenvalue weighted by molar-refractivity contribution is 5.67. The summed E-state index contributed by atoms with van der Waals surface area (Å²) < 4.78 is 1.95. The van der Waals surface area contributed by atoms with Crippen LogP contribution in [0.4, 0.5) is 0 Å². The highest BCUT2D eigenvalue weighted by Gasteiger charge is 2.37. The van der Waals surface area contributed by atoms with Crippen LogP contribution >= 0.6 is 0 Å². The van der Waals surface area contributed by atoms with Crippen molar-refractivity contribution in [3.8, 4) is 0 Å². The van der Waals surface area contributed by atoms with Gasteiger partial charge in [-0.15, -0.1) is 10.2 Å². The van der Waals surface area contributed by atoms with E-state index in [-0.39, 0.29) is 11.8 Å². The number of aliphatic carboxylic acids is 1. The number of aryl methyl sites for hydroxylation is 2. The molecule has 0 amide bonds. The minimum atomic E-state index is -0.726. The molecule has 1 N–H and O–H groups in total. The molecule has 0 unspecified atom stereocenters. The Morgan fingerprint density at radius 2 is 2.05 bits per heavy atom. The topological polar surface area (TPSA) is 80.4 Å². The zero-order chi connectivity index (χ0) is 15.0. The number of fused-ring (bicyclic) bond motifs is 1. The van der Waals surface area contributed by atoms with Crippen molar-refractivity contribution in [1.29, 1.82) is 0 Å². The zero-order valence-corrected chi connectivity index (χ0v) is 12.5. The Balaban J connectivity index is 1.98. The van der Waals surface area contributed by atoms with Gasteiger partial charge in [-0.1, -0.05) is 12.8 Å². The summed E-state index contributed by atoms with van der Waals surface area (Å²) in [6.45, 7) is 3.87. The Morgan fingerprint density at radius 3 is 2.71 bits per heavy atom. The van der Waals surface area contributed by atoms with Gasteiger partial charge in [-0.2, -0.15) is 0 Å². The number of carbonyl (C=O) groups is 1. The van der Waals surface area contributed by atoms with Crippen molar-refractivity contribution in [2.75, 3.05) is 0 Å². The molecule has 21 heavy (non-hydrogen) atoms. The summed E-state index contributed by atoms with van der Waals surface area (Å²) in [5.74, 6) is 0.961. The molecular formula is C15H20N4O2. The van der Waals surface area contributed by atoms with Crippen LogP contribution in [0.15, 0.2) is 6.07 Å². The SMILES string of the molecule is Cc1cc2nnc(CC3(CC(=O)O)CCCC3)n2c(C)n1. The molecule has 6 nitrogen and oxygen atoms in total. The molecule has 0 radical (unpaired) electrons. The zero-order valence-electron chi connectivity index (χ0n) is 12.5. The van der Waals surface area contributed by atoms with Crippen molar-refractivity contribution >= 4 is 11.6 Å². The van der Waals surface area contributed by atoms with Crippen LogP contribution in [-0.2, 0) is 11.2 Å². The molecule has 6 heteroatoms. The number of rotatable bonds is 4. The average Bonchev–Trinajstić information content (AvgIpc) is 2.97. The van der Waals surface area contributed by atoms with E-state index in [4.69, 9.17) is 0 Å². The molecule has 1 aliphatic rings. The third-order valence-electron chi connectivity index (χ3n) is 4.48. The first-order valence-electron chi connectivity index (χ1n) is 7.39. The van der Waals surface area contributed by atoms with E-state index >= 15 is 0 Å². The minimum Gasteiger partial charge on any atom is -0.481 e. The molecule has 0 atom stereocenters. The van der Waals surface area contributed by atoms with Crippen molar-refractivity contribution in [3.63, 3.8) is 0 Å². The second-order valence-corrected chi connectivity index (χ2v) is 6.21. The van der Waals surface area contributed by atoms with Gasteiger partial charge in [-0.25, -0.2) is 4.98 Å². The number of carboxylic acid groups (broad SMARTS) is 1. The van der Waals surface area contributed by atoms with Crippen molar-refractivity contribution in [1.82, 2.24) is 19.6 Å². The van der Waals surface area contributed by atoms with E-state index in [1.807, 2.05) is 24.3 Å². The molecule has 0 spiro atoms. The van der Waals surface area contributed by atoms with Gasteiger partial charge in [0.05, 0.1) is 6.42 Å². The maximum atomic E-state index is 11.2. The molecule has 2 aromatic rings. The number of hydrogen-bond acceptors (Lipinski definition) is 4. The average molecular weight is 288 g/mol. The molecule has 0 aliphatic heterocycles. The van der Waals surface area contributed by atoms with Crippen LogP contribution < -0.4 is 0 Å². The molecule has 0 saturated heterocycles. The molecule has 1 fully saturated rings. The highest BCUT2D eigenvalue weighted by atomic mass is 16.4. The minimum absolute atomic E-state index is 0.174. The first kappa shape index (κ1) is 14.0. The molecular weight excluding hydrogens is 268 g/mol. The number of nitrogens with zero attached hydrogens (tertiary/aromatic N) is 4. The molecule has 112 valence electrons. The summed E-state index contributed by atoms with van der Waals surface area (Å²) in [7, 11) is 0. The molecule has 2 heterocycles. The Morgan fingerprint density at radius 1 is 1.33 bits per heavy atom. The third-order valence-corrected chi connectivity index (χ3v) is 4.48. The van der Waals surface area contributed by atoms with Crippen molar-refractivity contribution < 1.29 is 9.90 Å². The Kier molecular flexibility index (Phi) is 3.39. The Bertz CT molecular complexity index is 686. The molecule has 2 aromatic heterocycles. The summed E-state index contributed by atoms with van der Waals surface area (Å²) in [6, 6.07) is 1.90. The van der Waals surface area contributed by atoms with E-state index in [1.54, 1.807) is 0 Å². The largest absolute Gasteiger partial charge is 0.481 e. The van der Waals surface area contributed by atoms with Gasteiger partial charge in [-0.05, 0) is 32.1 Å². The van der Waals surface area contributed by atoms with E-state index < -0.39 is 5.97 Å². The lowest BCUT2D eigenvalue weighted by molar-refractivity contribution is -0.139. The van der Waals surface area contributed by atoms with Crippen molar-refractivity contribution in [2.24, 2.45) is 5.41 Å². The fourth-order valence-electron chi connectivity index (χ4n) is 3.61. The summed E-state index contributed by atoms with van der Waals surface area (Å²) in [4.78, 5) is 15.7. The van der Waals surface area contributed by atoms with Crippen LogP contribution in [0.2, 0.25) is 0 Å². The van der Waals surface area contributed by atoms with E-state index in [2.05, 4.69) is 15.2 Å². The molecule has 0 bridgehead atoms. The maximum absolute atomic E-state index is 11.2. The summed E-state index contributed by atoms with van der Waals surface area (Å²) >= 11 is 0. The Labute approximate surface area is 123 Å². The monoisotopic (exact) mass is 288 g/mol. The van der Waals surface area contributed by atoms with Crippen LogP contribution in [-0.4, -0.2) is 30.7 Å². The van der Waals surface area contributed by atoms with Gasteiger partial charge in [0.1, 0.15) is 11.6 Å². The van der Waals surface area contributed by atoms with Gasteiger partial charge in [0, 0.05) is 18.2 Å². The lowest BCUT2D eigenvalue weighted by Crippen LogP contribution is -2.25. The maximum Gasteiger partial charge on any atom is 0.303 e. The fourth-order valence-corrected chi connectivity index (χ4v) is 3.61. The van der Waals surface area contributed by atoms with Crippen LogP contribution in [0.1, 0.15) is 49.4 Å². The third kappa shape index (κ3) is 2.62. The van der Waals surface area contributed by atoms with E-state index in [9.17, 15) is 9.90 Å². The molecule has 1 aliphatic carbocycles. The van der Waals surface area contributed by atoms with Gasteiger partial charge in [0.25, 0.3) is 0 Å². The van der Waals surface area contributed by atoms with E-state index in [0.717, 1.165) is 48.7 Å². The van der Waals surface area contributed by atoms with Crippen LogP contribution in [0, 0.1) is 19.3 Å². The standard InChI is InChI=1S/C15H20N4O2/c1-10-7-12-17-18-13(19(12)11(2)16-10)8-15(9-14(20)21)5-3-4-6-15/h7H,3-6,8-9H2,1-2H3,(H,20,21). The van der Waals surface area contributed by atoms with Crippen molar-refractivity contribution in [2.45, 2.75) is 52.4 Å². The second kappa shape index (κ2) is 5.09. The number of aromatic nitrogens is 4. The van der Waals surface area contributed by atoms with Gasteiger partial charge in [-0.3, -0.25) is 9.20 Å². The van der Waals surface area contributed by atoms with Gasteiger partial charge in [0.2, 0.25) is 0 Å². The Hall–Kier alpha value is -1.98. The highest BCUT2D eigenvalue weighted by Crippen LogP contribution is 2.43. The second-order valence-electron chi connectivity index (χ2n) is 6.21. The van der Waals surface area contributed by atoms with Gasteiger partial charge >= 0.3 is 5.97 Å². The summed E-state index contributed by atoms with van der Waals surface area (Å²) in [6.07, 6.45) is 4.96.